The molecule has 1 fully saturated rings. The zero-order valence-electron chi connectivity index (χ0n) is 10.9. The molecule has 0 atom stereocenters. The smallest absolute Gasteiger partial charge is 0.136 e. The van der Waals surface area contributed by atoms with Gasteiger partial charge in [-0.15, -0.1) is 0 Å². The number of anilines is 2. The maximum atomic E-state index is 8.78. The van der Waals surface area contributed by atoms with Gasteiger partial charge in [0.2, 0.25) is 0 Å². The van der Waals surface area contributed by atoms with Crippen LogP contribution in [-0.2, 0) is 0 Å². The number of hydrogen-bond acceptors (Lipinski definition) is 5. The van der Waals surface area contributed by atoms with Crippen molar-refractivity contribution in [1.29, 1.82) is 0 Å². The van der Waals surface area contributed by atoms with E-state index in [1.54, 1.807) is 0 Å². The van der Waals surface area contributed by atoms with Gasteiger partial charge in [-0.2, -0.15) is 0 Å². The molecule has 1 heterocycles. The van der Waals surface area contributed by atoms with Gasteiger partial charge in [0.15, 0.2) is 0 Å². The fraction of sp³-hybridized carbons (Fsp3) is 0.692. The van der Waals surface area contributed by atoms with Gasteiger partial charge >= 0.3 is 0 Å². The first-order chi connectivity index (χ1) is 8.83. The van der Waals surface area contributed by atoms with Crippen LogP contribution in [0.2, 0.25) is 0 Å². The number of hydrogen-bond donors (Lipinski definition) is 3. The lowest BCUT2D eigenvalue weighted by atomic mass is 10.3. The Morgan fingerprint density at radius 2 is 1.89 bits per heavy atom. The number of aromatic nitrogens is 2. The van der Waals surface area contributed by atoms with Crippen LogP contribution in [0.3, 0.4) is 0 Å². The van der Waals surface area contributed by atoms with Crippen LogP contribution in [0.25, 0.3) is 0 Å². The molecular formula is C13H22N4O. The molecule has 1 aromatic heterocycles. The van der Waals surface area contributed by atoms with Crippen LogP contribution >= 0.6 is 0 Å². The fourth-order valence-corrected chi connectivity index (χ4v) is 1.72. The standard InChI is InChI=1S/C13H22N4O/c1-2-6-14-11-9-12(15-7-3-8-18)17-13(16-11)10-4-5-10/h9-10,18H,2-8H2,1H3,(H2,14,15,16,17). The van der Waals surface area contributed by atoms with Gasteiger partial charge in [0.05, 0.1) is 0 Å². The lowest BCUT2D eigenvalue weighted by molar-refractivity contribution is 0.292. The normalized spacial score (nSPS) is 14.6. The highest BCUT2D eigenvalue weighted by Crippen LogP contribution is 2.38. The van der Waals surface area contributed by atoms with Gasteiger partial charge in [-0.05, 0) is 25.7 Å². The van der Waals surface area contributed by atoms with Crippen molar-refractivity contribution >= 4 is 11.6 Å². The first-order valence-corrected chi connectivity index (χ1v) is 6.81. The molecule has 1 aromatic rings. The van der Waals surface area contributed by atoms with Gasteiger partial charge in [0.25, 0.3) is 0 Å². The summed E-state index contributed by atoms with van der Waals surface area (Å²) in [6.45, 7) is 4.01. The van der Waals surface area contributed by atoms with Crippen molar-refractivity contribution in [2.75, 3.05) is 30.3 Å². The van der Waals surface area contributed by atoms with E-state index in [1.807, 2.05) is 6.07 Å². The molecule has 1 aliphatic carbocycles. The van der Waals surface area contributed by atoms with Crippen molar-refractivity contribution in [3.8, 4) is 0 Å². The second kappa shape index (κ2) is 6.54. The summed E-state index contributed by atoms with van der Waals surface area (Å²) in [5.74, 6) is 3.26. The minimum Gasteiger partial charge on any atom is -0.396 e. The Labute approximate surface area is 108 Å². The van der Waals surface area contributed by atoms with Crippen molar-refractivity contribution in [2.45, 2.75) is 38.5 Å². The van der Waals surface area contributed by atoms with E-state index in [4.69, 9.17) is 5.11 Å². The average molecular weight is 250 g/mol. The van der Waals surface area contributed by atoms with Crippen LogP contribution in [-0.4, -0.2) is 34.8 Å². The predicted molar refractivity (Wildman–Crippen MR) is 73.0 cm³/mol. The summed E-state index contributed by atoms with van der Waals surface area (Å²) in [6.07, 6.45) is 4.22. The molecule has 0 radical (unpaired) electrons. The molecular weight excluding hydrogens is 228 g/mol. The number of nitrogens with one attached hydrogen (secondary N) is 2. The highest BCUT2D eigenvalue weighted by Gasteiger charge is 2.27. The Morgan fingerprint density at radius 1 is 1.22 bits per heavy atom. The molecule has 0 unspecified atom stereocenters. The second-order valence-corrected chi connectivity index (χ2v) is 4.70. The van der Waals surface area contributed by atoms with Crippen LogP contribution < -0.4 is 10.6 Å². The minimum absolute atomic E-state index is 0.203. The van der Waals surface area contributed by atoms with Crippen LogP contribution in [0, 0.1) is 0 Å². The van der Waals surface area contributed by atoms with Gasteiger partial charge in [-0.1, -0.05) is 6.92 Å². The van der Waals surface area contributed by atoms with E-state index < -0.39 is 0 Å². The van der Waals surface area contributed by atoms with E-state index in [-0.39, 0.29) is 6.61 Å². The quantitative estimate of drug-likeness (QED) is 0.615. The summed E-state index contributed by atoms with van der Waals surface area (Å²) in [5.41, 5.74) is 0. The Balaban J connectivity index is 2.03. The van der Waals surface area contributed by atoms with Crippen molar-refractivity contribution in [2.24, 2.45) is 0 Å². The highest BCUT2D eigenvalue weighted by molar-refractivity contribution is 5.48. The van der Waals surface area contributed by atoms with Crippen molar-refractivity contribution < 1.29 is 5.11 Å². The summed E-state index contributed by atoms with van der Waals surface area (Å²) in [7, 11) is 0. The molecule has 1 aliphatic rings. The van der Waals surface area contributed by atoms with Gasteiger partial charge in [-0.3, -0.25) is 0 Å². The predicted octanol–water partition coefficient (Wildman–Crippen LogP) is 1.97. The molecule has 0 saturated heterocycles. The van der Waals surface area contributed by atoms with E-state index in [0.717, 1.165) is 43.4 Å². The Morgan fingerprint density at radius 3 is 2.44 bits per heavy atom. The topological polar surface area (TPSA) is 70.1 Å². The number of aliphatic hydroxyl groups excluding tert-OH is 1. The first-order valence-electron chi connectivity index (χ1n) is 6.81. The Hall–Kier alpha value is -1.36. The highest BCUT2D eigenvalue weighted by atomic mass is 16.3. The second-order valence-electron chi connectivity index (χ2n) is 4.70. The molecule has 100 valence electrons. The molecule has 1 saturated carbocycles. The molecule has 0 aromatic carbocycles. The van der Waals surface area contributed by atoms with Gasteiger partial charge in [0, 0.05) is 31.7 Å². The van der Waals surface area contributed by atoms with Gasteiger partial charge in [-0.25, -0.2) is 9.97 Å². The van der Waals surface area contributed by atoms with Crippen molar-refractivity contribution in [1.82, 2.24) is 9.97 Å². The van der Waals surface area contributed by atoms with Crippen molar-refractivity contribution in [3.05, 3.63) is 11.9 Å². The zero-order valence-corrected chi connectivity index (χ0v) is 10.9. The minimum atomic E-state index is 0.203. The molecule has 2 rings (SSSR count). The summed E-state index contributed by atoms with van der Waals surface area (Å²) in [4.78, 5) is 9.08. The van der Waals surface area contributed by atoms with E-state index in [0.29, 0.717) is 5.92 Å². The van der Waals surface area contributed by atoms with Gasteiger partial charge in [0.1, 0.15) is 17.5 Å². The summed E-state index contributed by atoms with van der Waals surface area (Å²) >= 11 is 0. The van der Waals surface area contributed by atoms with Crippen LogP contribution in [0.15, 0.2) is 6.07 Å². The third-order valence-electron chi connectivity index (χ3n) is 2.88. The fourth-order valence-electron chi connectivity index (χ4n) is 1.72. The molecule has 18 heavy (non-hydrogen) atoms. The van der Waals surface area contributed by atoms with Gasteiger partial charge < -0.3 is 15.7 Å². The number of nitrogens with zero attached hydrogens (tertiary/aromatic N) is 2. The summed E-state index contributed by atoms with van der Waals surface area (Å²) in [6, 6.07) is 1.94. The lowest BCUT2D eigenvalue weighted by Gasteiger charge is -2.10. The van der Waals surface area contributed by atoms with E-state index in [9.17, 15) is 0 Å². The zero-order chi connectivity index (χ0) is 12.8. The van der Waals surface area contributed by atoms with Crippen LogP contribution in [0.1, 0.15) is 44.3 Å². The van der Waals surface area contributed by atoms with E-state index in [1.165, 1.54) is 12.8 Å². The monoisotopic (exact) mass is 250 g/mol. The molecule has 0 bridgehead atoms. The molecule has 3 N–H and O–H groups in total. The molecule has 0 amide bonds. The molecule has 0 aliphatic heterocycles. The van der Waals surface area contributed by atoms with E-state index in [2.05, 4.69) is 27.5 Å². The average Bonchev–Trinajstić information content (AvgIpc) is 3.21. The van der Waals surface area contributed by atoms with Crippen LogP contribution in [0.5, 0.6) is 0 Å². The summed E-state index contributed by atoms with van der Waals surface area (Å²) in [5, 5.41) is 15.3. The largest absolute Gasteiger partial charge is 0.396 e. The molecule has 5 heteroatoms. The molecule has 5 nitrogen and oxygen atoms in total. The maximum absolute atomic E-state index is 8.78. The lowest BCUT2D eigenvalue weighted by Crippen LogP contribution is -2.10. The first kappa shape index (κ1) is 13.1. The number of aliphatic hydroxyl groups is 1. The molecule has 0 spiro atoms. The van der Waals surface area contributed by atoms with E-state index >= 15 is 0 Å². The maximum Gasteiger partial charge on any atom is 0.136 e. The van der Waals surface area contributed by atoms with Crippen molar-refractivity contribution in [3.63, 3.8) is 0 Å². The third kappa shape index (κ3) is 3.84. The Bertz CT molecular complexity index is 379. The summed E-state index contributed by atoms with van der Waals surface area (Å²) < 4.78 is 0. The Kier molecular flexibility index (Phi) is 4.75. The van der Waals surface area contributed by atoms with Crippen LogP contribution in [0.4, 0.5) is 11.6 Å². The third-order valence-corrected chi connectivity index (χ3v) is 2.88. The number of rotatable bonds is 8. The SMILES string of the molecule is CCCNc1cc(NCCCO)nc(C2CC2)n1.